The summed E-state index contributed by atoms with van der Waals surface area (Å²) >= 11 is 0. The maximum atomic E-state index is 6.11. The minimum Gasteiger partial charge on any atom is -0.478 e. The molecule has 0 amide bonds. The quantitative estimate of drug-likeness (QED) is 0.167. The molecular formula is C32H47NO4. The first kappa shape index (κ1) is 27.8. The molecule has 5 heteroatoms. The van der Waals surface area contributed by atoms with E-state index < -0.39 is 0 Å². The highest BCUT2D eigenvalue weighted by atomic mass is 16.7. The van der Waals surface area contributed by atoms with E-state index in [2.05, 4.69) is 30.1 Å². The van der Waals surface area contributed by atoms with Gasteiger partial charge in [-0.05, 0) is 55.4 Å². The molecule has 5 nitrogen and oxygen atoms in total. The van der Waals surface area contributed by atoms with Gasteiger partial charge in [0, 0.05) is 37.5 Å². The van der Waals surface area contributed by atoms with Crippen molar-refractivity contribution in [2.24, 2.45) is 5.92 Å². The van der Waals surface area contributed by atoms with Crippen molar-refractivity contribution in [1.29, 1.82) is 0 Å². The van der Waals surface area contributed by atoms with Gasteiger partial charge in [-0.25, -0.2) is 4.98 Å². The Balaban J connectivity index is 1.09. The van der Waals surface area contributed by atoms with Gasteiger partial charge in [0.05, 0.1) is 6.61 Å². The van der Waals surface area contributed by atoms with Gasteiger partial charge in [0.25, 0.3) is 0 Å². The molecule has 0 spiro atoms. The van der Waals surface area contributed by atoms with E-state index in [1.807, 2.05) is 18.3 Å². The molecule has 1 aromatic carbocycles. The van der Waals surface area contributed by atoms with Gasteiger partial charge in [-0.1, -0.05) is 77.2 Å². The Kier molecular flexibility index (Phi) is 11.9. The molecule has 0 radical (unpaired) electrons. The molecule has 204 valence electrons. The third-order valence-corrected chi connectivity index (χ3v) is 7.35. The first-order valence-electron chi connectivity index (χ1n) is 15.0. The zero-order valence-electron chi connectivity index (χ0n) is 22.9. The van der Waals surface area contributed by atoms with Crippen LogP contribution in [-0.4, -0.2) is 31.1 Å². The number of benzene rings is 1. The summed E-state index contributed by atoms with van der Waals surface area (Å²) in [6, 6.07) is 10.1. The predicted molar refractivity (Wildman–Crippen MR) is 149 cm³/mol. The summed E-state index contributed by atoms with van der Waals surface area (Å²) in [6.45, 7) is 4.51. The van der Waals surface area contributed by atoms with E-state index in [0.29, 0.717) is 12.5 Å². The van der Waals surface area contributed by atoms with Crippen molar-refractivity contribution in [1.82, 2.24) is 4.98 Å². The van der Waals surface area contributed by atoms with Crippen molar-refractivity contribution in [3.63, 3.8) is 0 Å². The highest BCUT2D eigenvalue weighted by molar-refractivity contribution is 5.67. The Labute approximate surface area is 224 Å². The number of nitrogens with zero attached hydrogens (tertiary/aromatic N) is 1. The number of pyridine rings is 1. The van der Waals surface area contributed by atoms with Crippen LogP contribution in [0.2, 0.25) is 0 Å². The fourth-order valence-electron chi connectivity index (χ4n) is 4.80. The molecule has 1 fully saturated rings. The van der Waals surface area contributed by atoms with Crippen molar-refractivity contribution >= 4 is 0 Å². The third-order valence-electron chi connectivity index (χ3n) is 7.35. The van der Waals surface area contributed by atoms with Gasteiger partial charge in [0.15, 0.2) is 11.5 Å². The second-order valence-electron chi connectivity index (χ2n) is 10.7. The van der Waals surface area contributed by atoms with E-state index in [1.54, 1.807) is 0 Å². The topological polar surface area (TPSA) is 49.8 Å². The zero-order chi connectivity index (χ0) is 25.5. The van der Waals surface area contributed by atoms with Crippen LogP contribution in [0, 0.1) is 5.92 Å². The lowest BCUT2D eigenvalue weighted by Crippen LogP contribution is -2.17. The first-order chi connectivity index (χ1) is 18.3. The highest BCUT2D eigenvalue weighted by Gasteiger charge is 2.24. The van der Waals surface area contributed by atoms with Crippen molar-refractivity contribution < 1.29 is 18.9 Å². The highest BCUT2D eigenvalue weighted by Crippen LogP contribution is 2.39. The van der Waals surface area contributed by atoms with Gasteiger partial charge in [-0.2, -0.15) is 0 Å². The molecule has 1 atom stereocenters. The van der Waals surface area contributed by atoms with E-state index >= 15 is 0 Å². The second-order valence-corrected chi connectivity index (χ2v) is 10.7. The number of rotatable bonds is 20. The molecule has 2 aromatic rings. The molecule has 2 heterocycles. The van der Waals surface area contributed by atoms with E-state index in [9.17, 15) is 0 Å². The van der Waals surface area contributed by atoms with Crippen LogP contribution in [0.3, 0.4) is 0 Å². The molecule has 0 N–H and O–H groups in total. The van der Waals surface area contributed by atoms with E-state index in [1.165, 1.54) is 64.2 Å². The van der Waals surface area contributed by atoms with Crippen LogP contribution in [0.4, 0.5) is 0 Å². The van der Waals surface area contributed by atoms with Gasteiger partial charge in [0.2, 0.25) is 12.2 Å². The minimum absolute atomic E-state index is 0.158. The molecule has 1 saturated carbocycles. The summed E-state index contributed by atoms with van der Waals surface area (Å²) in [6.07, 6.45) is 20.8. The Morgan fingerprint density at radius 2 is 1.43 bits per heavy atom. The fourth-order valence-corrected chi connectivity index (χ4v) is 4.80. The number of hydrogen-bond acceptors (Lipinski definition) is 5. The molecule has 1 aromatic heterocycles. The molecular weight excluding hydrogens is 462 g/mol. The van der Waals surface area contributed by atoms with Gasteiger partial charge in [0.1, 0.15) is 0 Å². The van der Waals surface area contributed by atoms with Crippen LogP contribution in [0.25, 0.3) is 11.1 Å². The smallest absolute Gasteiger partial charge is 0.241 e. The number of aromatic nitrogens is 1. The number of unbranched alkanes of at least 4 members (excludes halogenated alkanes) is 8. The standard InChI is InChI=1S/C32H47NO4/c1-2-3-21-34-22-11-12-23-35-31-20-18-28(25-33-31)27-17-19-29-30(24-27)37-32(36-29)14-10-8-6-4-5-7-9-13-26-15-16-26/h17-20,24-26,32H,2-16,21-23H2,1H3. The zero-order valence-corrected chi connectivity index (χ0v) is 22.9. The maximum Gasteiger partial charge on any atom is 0.241 e. The molecule has 4 rings (SSSR count). The lowest BCUT2D eigenvalue weighted by atomic mass is 10.1. The van der Waals surface area contributed by atoms with E-state index in [4.69, 9.17) is 18.9 Å². The summed E-state index contributed by atoms with van der Waals surface area (Å²) < 4.78 is 23.5. The van der Waals surface area contributed by atoms with E-state index in [0.717, 1.165) is 73.9 Å². The molecule has 0 saturated heterocycles. The number of fused-ring (bicyclic) bond motifs is 1. The van der Waals surface area contributed by atoms with Crippen molar-refractivity contribution in [3.8, 4) is 28.5 Å². The lowest BCUT2D eigenvalue weighted by molar-refractivity contribution is 0.0395. The first-order valence-corrected chi connectivity index (χ1v) is 15.0. The molecule has 1 aliphatic carbocycles. The van der Waals surface area contributed by atoms with Gasteiger partial charge >= 0.3 is 0 Å². The molecule has 1 aliphatic heterocycles. The predicted octanol–water partition coefficient (Wildman–Crippen LogP) is 8.74. The fraction of sp³-hybridized carbons (Fsp3) is 0.656. The Hall–Kier alpha value is -2.27. The largest absolute Gasteiger partial charge is 0.478 e. The monoisotopic (exact) mass is 509 g/mol. The average molecular weight is 510 g/mol. The summed E-state index contributed by atoms with van der Waals surface area (Å²) in [5.74, 6) is 3.43. The Morgan fingerprint density at radius 3 is 2.19 bits per heavy atom. The summed E-state index contributed by atoms with van der Waals surface area (Å²) in [5, 5.41) is 0. The molecule has 0 bridgehead atoms. The minimum atomic E-state index is -0.158. The molecule has 37 heavy (non-hydrogen) atoms. The summed E-state index contributed by atoms with van der Waals surface area (Å²) in [5.41, 5.74) is 2.12. The van der Waals surface area contributed by atoms with Crippen LogP contribution in [0.15, 0.2) is 36.5 Å². The van der Waals surface area contributed by atoms with Crippen LogP contribution < -0.4 is 14.2 Å². The Bertz CT molecular complexity index is 896. The van der Waals surface area contributed by atoms with E-state index in [-0.39, 0.29) is 6.29 Å². The van der Waals surface area contributed by atoms with Gasteiger partial charge in [-0.3, -0.25) is 0 Å². The average Bonchev–Trinajstić information content (AvgIpc) is 3.66. The van der Waals surface area contributed by atoms with Crippen molar-refractivity contribution in [2.75, 3.05) is 19.8 Å². The van der Waals surface area contributed by atoms with Crippen LogP contribution >= 0.6 is 0 Å². The maximum absolute atomic E-state index is 6.11. The summed E-state index contributed by atoms with van der Waals surface area (Å²) in [4.78, 5) is 4.49. The van der Waals surface area contributed by atoms with Crippen LogP contribution in [0.5, 0.6) is 17.4 Å². The Morgan fingerprint density at radius 1 is 0.730 bits per heavy atom. The SMILES string of the molecule is CCCCOCCCCOc1ccc(-c2ccc3c(c2)OC(CCCCCCCCCC2CC2)O3)cn1. The molecule has 2 aliphatic rings. The number of ether oxygens (including phenoxy) is 4. The van der Waals surface area contributed by atoms with Crippen LogP contribution in [-0.2, 0) is 4.74 Å². The number of hydrogen-bond donors (Lipinski definition) is 0. The van der Waals surface area contributed by atoms with Crippen molar-refractivity contribution in [2.45, 2.75) is 110 Å². The lowest BCUT2D eigenvalue weighted by Gasteiger charge is -2.09. The van der Waals surface area contributed by atoms with Gasteiger partial charge in [-0.15, -0.1) is 0 Å². The molecule has 1 unspecified atom stereocenters. The normalized spacial score (nSPS) is 16.3. The third kappa shape index (κ3) is 10.2. The summed E-state index contributed by atoms with van der Waals surface area (Å²) in [7, 11) is 0. The second kappa shape index (κ2) is 15.9. The van der Waals surface area contributed by atoms with Crippen molar-refractivity contribution in [3.05, 3.63) is 36.5 Å². The van der Waals surface area contributed by atoms with Crippen LogP contribution in [0.1, 0.15) is 103 Å². The van der Waals surface area contributed by atoms with Gasteiger partial charge < -0.3 is 18.9 Å².